The topological polar surface area (TPSA) is 36.9 Å². The summed E-state index contributed by atoms with van der Waals surface area (Å²) < 4.78 is 97.3. The molecular formula is C12H16F6O4. The molecule has 0 radical (unpaired) electrons. The first kappa shape index (κ1) is 17.8. The van der Waals surface area contributed by atoms with E-state index in [2.05, 4.69) is 14.2 Å². The molecule has 0 bridgehead atoms. The highest BCUT2D eigenvalue weighted by Gasteiger charge is 2.64. The van der Waals surface area contributed by atoms with Crippen molar-refractivity contribution in [3.8, 4) is 0 Å². The Labute approximate surface area is 122 Å². The van der Waals surface area contributed by atoms with Crippen LogP contribution in [0.4, 0.5) is 26.3 Å². The maximum absolute atomic E-state index is 14.0. The van der Waals surface area contributed by atoms with Crippen LogP contribution >= 0.6 is 0 Å². The van der Waals surface area contributed by atoms with Crippen LogP contribution in [0.2, 0.25) is 0 Å². The molecule has 2 fully saturated rings. The Morgan fingerprint density at radius 3 is 2.05 bits per heavy atom. The van der Waals surface area contributed by atoms with E-state index in [1.165, 1.54) is 0 Å². The quantitative estimate of drug-likeness (QED) is 0.697. The number of rotatable bonds is 6. The van der Waals surface area contributed by atoms with Gasteiger partial charge in [0.2, 0.25) is 0 Å². The van der Waals surface area contributed by atoms with Gasteiger partial charge in [0.05, 0.1) is 0 Å². The highest BCUT2D eigenvalue weighted by Crippen LogP contribution is 2.42. The molecule has 0 spiro atoms. The van der Waals surface area contributed by atoms with Crippen molar-refractivity contribution < 1.29 is 45.3 Å². The summed E-state index contributed by atoms with van der Waals surface area (Å²) >= 11 is 0. The smallest absolute Gasteiger partial charge is 0.369 e. The number of hydrogen-bond donors (Lipinski definition) is 0. The van der Waals surface area contributed by atoms with Gasteiger partial charge in [-0.2, -0.15) is 26.3 Å². The Balaban J connectivity index is 2.03. The summed E-state index contributed by atoms with van der Waals surface area (Å²) in [6.45, 7) is -1.52. The van der Waals surface area contributed by atoms with Crippen LogP contribution in [0.3, 0.4) is 0 Å². The highest BCUT2D eigenvalue weighted by molar-refractivity contribution is 4.83. The lowest BCUT2D eigenvalue weighted by atomic mass is 10.2. The van der Waals surface area contributed by atoms with Gasteiger partial charge in [-0.15, -0.1) is 0 Å². The number of alkyl halides is 6. The molecule has 0 aromatic carbocycles. The van der Waals surface area contributed by atoms with Crippen molar-refractivity contribution in [3.63, 3.8) is 0 Å². The van der Waals surface area contributed by atoms with E-state index in [0.29, 0.717) is 6.42 Å². The van der Waals surface area contributed by atoms with Gasteiger partial charge in [-0.3, -0.25) is 4.74 Å². The van der Waals surface area contributed by atoms with Crippen molar-refractivity contribution in [1.82, 2.24) is 0 Å². The monoisotopic (exact) mass is 338 g/mol. The highest BCUT2D eigenvalue weighted by atomic mass is 19.4. The van der Waals surface area contributed by atoms with E-state index in [0.717, 1.165) is 0 Å². The molecule has 3 atom stereocenters. The van der Waals surface area contributed by atoms with E-state index in [1.54, 1.807) is 0 Å². The summed E-state index contributed by atoms with van der Waals surface area (Å²) in [6.07, 6.45) is -12.3. The van der Waals surface area contributed by atoms with Gasteiger partial charge in [0, 0.05) is 19.6 Å². The van der Waals surface area contributed by atoms with Crippen LogP contribution in [0.25, 0.3) is 0 Å². The first-order valence-electron chi connectivity index (χ1n) is 6.82. The second-order valence-corrected chi connectivity index (χ2v) is 5.15. The van der Waals surface area contributed by atoms with Gasteiger partial charge in [0.15, 0.2) is 6.29 Å². The van der Waals surface area contributed by atoms with Gasteiger partial charge in [0.1, 0.15) is 12.7 Å². The summed E-state index contributed by atoms with van der Waals surface area (Å²) in [5.74, 6) is -4.64. The third-order valence-electron chi connectivity index (χ3n) is 3.37. The molecule has 2 rings (SSSR count). The fraction of sp³-hybridized carbons (Fsp3) is 1.00. The van der Waals surface area contributed by atoms with Crippen molar-refractivity contribution in [2.24, 2.45) is 0 Å². The second kappa shape index (κ2) is 6.50. The largest absolute Gasteiger partial charge is 0.451 e. The Morgan fingerprint density at radius 1 is 0.909 bits per heavy atom. The van der Waals surface area contributed by atoms with Crippen molar-refractivity contribution in [2.75, 3.05) is 19.8 Å². The zero-order valence-electron chi connectivity index (χ0n) is 11.5. The zero-order chi connectivity index (χ0) is 16.4. The van der Waals surface area contributed by atoms with Gasteiger partial charge < -0.3 is 14.2 Å². The van der Waals surface area contributed by atoms with Crippen LogP contribution in [-0.2, 0) is 18.9 Å². The summed E-state index contributed by atoms with van der Waals surface area (Å²) in [4.78, 5) is 0. The molecule has 2 saturated heterocycles. The third-order valence-corrected chi connectivity index (χ3v) is 3.37. The van der Waals surface area contributed by atoms with Crippen LogP contribution in [0, 0.1) is 0 Å². The van der Waals surface area contributed by atoms with Crippen molar-refractivity contribution in [1.29, 1.82) is 0 Å². The van der Waals surface area contributed by atoms with Crippen LogP contribution in [0.1, 0.15) is 25.7 Å². The fourth-order valence-electron chi connectivity index (χ4n) is 2.17. The molecule has 2 aliphatic heterocycles. The molecule has 0 N–H and O–H groups in total. The summed E-state index contributed by atoms with van der Waals surface area (Å²) in [7, 11) is 0. The first-order chi connectivity index (χ1) is 10.1. The lowest BCUT2D eigenvalue weighted by Gasteiger charge is -2.33. The van der Waals surface area contributed by atoms with Crippen molar-refractivity contribution in [3.05, 3.63) is 0 Å². The summed E-state index contributed by atoms with van der Waals surface area (Å²) in [5, 5.41) is 0. The predicted octanol–water partition coefficient (Wildman–Crippen LogP) is 3.16. The van der Waals surface area contributed by atoms with Crippen molar-refractivity contribution in [2.45, 2.75) is 56.2 Å². The number of ether oxygens (including phenoxy) is 4. The van der Waals surface area contributed by atoms with Gasteiger partial charge in [0.25, 0.3) is 0 Å². The Hall–Kier alpha value is -0.580. The Kier molecular flexibility index (Phi) is 5.25. The van der Waals surface area contributed by atoms with E-state index < -0.39 is 37.1 Å². The number of hydrogen-bond acceptors (Lipinski definition) is 4. The molecule has 2 aliphatic rings. The maximum Gasteiger partial charge on any atom is 0.451 e. The Morgan fingerprint density at radius 2 is 1.55 bits per heavy atom. The summed E-state index contributed by atoms with van der Waals surface area (Å²) in [5.41, 5.74) is 0. The van der Waals surface area contributed by atoms with E-state index >= 15 is 0 Å². The molecule has 0 amide bonds. The Bertz CT molecular complexity index is 365. The molecule has 2 heterocycles. The zero-order valence-corrected chi connectivity index (χ0v) is 11.5. The lowest BCUT2D eigenvalue weighted by Crippen LogP contribution is -2.54. The van der Waals surface area contributed by atoms with Crippen molar-refractivity contribution >= 4 is 0 Å². The minimum Gasteiger partial charge on any atom is -0.369 e. The fourth-order valence-corrected chi connectivity index (χ4v) is 2.17. The lowest BCUT2D eigenvalue weighted by molar-refractivity contribution is -0.437. The minimum atomic E-state index is -5.69. The van der Waals surface area contributed by atoms with E-state index in [1.807, 2.05) is 0 Å². The maximum atomic E-state index is 14.0. The van der Waals surface area contributed by atoms with Gasteiger partial charge in [-0.25, -0.2) is 0 Å². The third kappa shape index (κ3) is 4.03. The standard InChI is InChI=1S/C12H16F6O4/c13-10(12(16,17)18,7-21-9-4-2-6-20-9)22-11(14,15)8-3-1-5-19-8/h8-9H,1-7H2. The van der Waals surface area contributed by atoms with Gasteiger partial charge in [-0.1, -0.05) is 0 Å². The molecule has 0 aliphatic carbocycles. The number of halogens is 6. The normalized spacial score (nSPS) is 29.7. The van der Waals surface area contributed by atoms with E-state index in [-0.39, 0.29) is 32.5 Å². The van der Waals surface area contributed by atoms with E-state index in [9.17, 15) is 26.3 Å². The van der Waals surface area contributed by atoms with Crippen LogP contribution in [0.15, 0.2) is 0 Å². The van der Waals surface area contributed by atoms with Crippen LogP contribution in [-0.4, -0.2) is 50.4 Å². The van der Waals surface area contributed by atoms with Crippen LogP contribution in [0.5, 0.6) is 0 Å². The molecule has 0 aromatic heterocycles. The van der Waals surface area contributed by atoms with Gasteiger partial charge in [-0.05, 0) is 19.3 Å². The average Bonchev–Trinajstić information content (AvgIpc) is 3.08. The predicted molar refractivity (Wildman–Crippen MR) is 59.8 cm³/mol. The molecule has 130 valence electrons. The van der Waals surface area contributed by atoms with Gasteiger partial charge >= 0.3 is 18.1 Å². The molecule has 10 heteroatoms. The average molecular weight is 338 g/mol. The minimum absolute atomic E-state index is 0.0403. The van der Waals surface area contributed by atoms with E-state index in [4.69, 9.17) is 4.74 Å². The SMILES string of the molecule is FC(F)(OC(F)(COC1CCCO1)C(F)(F)F)C1CCCO1. The molecule has 3 unspecified atom stereocenters. The molecule has 0 aromatic rings. The second-order valence-electron chi connectivity index (χ2n) is 5.15. The van der Waals surface area contributed by atoms with Crippen LogP contribution < -0.4 is 0 Å². The molecule has 22 heavy (non-hydrogen) atoms. The molecule has 4 nitrogen and oxygen atoms in total. The first-order valence-corrected chi connectivity index (χ1v) is 6.82. The molecular weight excluding hydrogens is 322 g/mol. The molecule has 0 saturated carbocycles. The summed E-state index contributed by atoms with van der Waals surface area (Å²) in [6, 6.07) is 0.